The van der Waals surface area contributed by atoms with Gasteiger partial charge in [0.25, 0.3) is 5.91 Å². The van der Waals surface area contributed by atoms with Crippen molar-refractivity contribution < 1.29 is 9.32 Å². The van der Waals surface area contributed by atoms with Crippen molar-refractivity contribution in [3.8, 4) is 11.4 Å². The van der Waals surface area contributed by atoms with Crippen LogP contribution in [0.5, 0.6) is 0 Å². The topological polar surface area (TPSA) is 59.2 Å². The fraction of sp³-hybridized carbons (Fsp3) is 0.286. The number of carbonyl (C=O) groups excluding carboxylic acids is 1. The highest BCUT2D eigenvalue weighted by atomic mass is 79.9. The summed E-state index contributed by atoms with van der Waals surface area (Å²) in [5, 5.41) is 4.15. The Morgan fingerprint density at radius 2 is 2.04 bits per heavy atom. The Labute approximate surface area is 166 Å². The van der Waals surface area contributed by atoms with Gasteiger partial charge in [-0.05, 0) is 50.5 Å². The highest BCUT2D eigenvalue weighted by Crippen LogP contribution is 2.32. The number of hydrogen-bond donors (Lipinski definition) is 0. The third-order valence-electron chi connectivity index (χ3n) is 4.84. The molecule has 6 heteroatoms. The minimum atomic E-state index is -0.184. The molecule has 0 N–H and O–H groups in total. The molecule has 0 aliphatic carbocycles. The van der Waals surface area contributed by atoms with E-state index in [0.717, 1.165) is 34.9 Å². The van der Waals surface area contributed by atoms with E-state index in [1.165, 1.54) is 0 Å². The molecular weight excluding hydrogens is 406 g/mol. The first kappa shape index (κ1) is 17.9. The second kappa shape index (κ2) is 7.64. The Morgan fingerprint density at radius 3 is 2.85 bits per heavy atom. The van der Waals surface area contributed by atoms with Gasteiger partial charge in [0.05, 0.1) is 0 Å². The molecule has 4 rings (SSSR count). The molecule has 2 heterocycles. The number of piperidine rings is 1. The summed E-state index contributed by atoms with van der Waals surface area (Å²) in [4.78, 5) is 19.5. The van der Waals surface area contributed by atoms with Crippen LogP contribution in [-0.2, 0) is 0 Å². The third kappa shape index (κ3) is 3.81. The number of aromatic nitrogens is 2. The average molecular weight is 426 g/mol. The van der Waals surface area contributed by atoms with Crippen molar-refractivity contribution in [2.75, 3.05) is 6.54 Å². The zero-order chi connectivity index (χ0) is 18.8. The molecule has 1 saturated heterocycles. The molecule has 1 aromatic heterocycles. The second-order valence-electron chi connectivity index (χ2n) is 6.85. The van der Waals surface area contributed by atoms with Crippen molar-refractivity contribution in [2.24, 2.45) is 0 Å². The smallest absolute Gasteiger partial charge is 0.254 e. The summed E-state index contributed by atoms with van der Waals surface area (Å²) in [5.74, 6) is 1.07. The minimum Gasteiger partial charge on any atom is -0.337 e. The summed E-state index contributed by atoms with van der Waals surface area (Å²) < 4.78 is 6.46. The van der Waals surface area contributed by atoms with Crippen LogP contribution in [0.15, 0.2) is 57.5 Å². The number of likely N-dealkylation sites (tertiary alicyclic amines) is 1. The average Bonchev–Trinajstić information content (AvgIpc) is 3.17. The Kier molecular flexibility index (Phi) is 5.07. The van der Waals surface area contributed by atoms with Crippen LogP contribution in [0.2, 0.25) is 0 Å². The van der Waals surface area contributed by atoms with Crippen LogP contribution in [-0.4, -0.2) is 27.5 Å². The lowest BCUT2D eigenvalue weighted by molar-refractivity contribution is 0.0561. The lowest BCUT2D eigenvalue weighted by atomic mass is 10.0. The first-order valence-electron chi connectivity index (χ1n) is 9.09. The van der Waals surface area contributed by atoms with Crippen LogP contribution in [0.3, 0.4) is 0 Å². The molecule has 27 heavy (non-hydrogen) atoms. The molecule has 5 nitrogen and oxygen atoms in total. The molecule has 2 aromatic carbocycles. The van der Waals surface area contributed by atoms with E-state index in [1.54, 1.807) is 0 Å². The molecule has 1 fully saturated rings. The van der Waals surface area contributed by atoms with Crippen LogP contribution >= 0.6 is 15.9 Å². The highest BCUT2D eigenvalue weighted by molar-refractivity contribution is 9.10. The molecule has 1 atom stereocenters. The number of amides is 1. The summed E-state index contributed by atoms with van der Waals surface area (Å²) in [7, 11) is 0. The van der Waals surface area contributed by atoms with Crippen LogP contribution < -0.4 is 0 Å². The number of rotatable bonds is 3. The van der Waals surface area contributed by atoms with Gasteiger partial charge >= 0.3 is 0 Å². The molecular formula is C21H20BrN3O2. The van der Waals surface area contributed by atoms with Gasteiger partial charge < -0.3 is 9.42 Å². The molecule has 1 amide bonds. The molecule has 138 valence electrons. The zero-order valence-electron chi connectivity index (χ0n) is 15.1. The van der Waals surface area contributed by atoms with Crippen LogP contribution in [0.1, 0.15) is 47.1 Å². The van der Waals surface area contributed by atoms with Crippen LogP contribution in [0.25, 0.3) is 11.4 Å². The largest absolute Gasteiger partial charge is 0.337 e. The molecule has 0 saturated carbocycles. The van der Waals surface area contributed by atoms with Crippen molar-refractivity contribution in [3.05, 3.63) is 70.0 Å². The van der Waals surface area contributed by atoms with Gasteiger partial charge in [-0.1, -0.05) is 50.9 Å². The van der Waals surface area contributed by atoms with E-state index >= 15 is 0 Å². The van der Waals surface area contributed by atoms with Crippen molar-refractivity contribution in [3.63, 3.8) is 0 Å². The number of aryl methyl sites for hydroxylation is 1. The van der Waals surface area contributed by atoms with Gasteiger partial charge in [0.1, 0.15) is 6.04 Å². The Hall–Kier alpha value is -2.47. The summed E-state index contributed by atoms with van der Waals surface area (Å²) in [6.45, 7) is 2.72. The fourth-order valence-electron chi connectivity index (χ4n) is 3.49. The lowest BCUT2D eigenvalue weighted by Crippen LogP contribution is -2.38. The molecule has 3 aromatic rings. The van der Waals surface area contributed by atoms with Gasteiger partial charge in [-0.25, -0.2) is 0 Å². The Morgan fingerprint density at radius 1 is 1.19 bits per heavy atom. The van der Waals surface area contributed by atoms with Crippen LogP contribution in [0, 0.1) is 6.92 Å². The standard InChI is InChI=1S/C21H20BrN3O2/c1-14-6-4-7-15(12-14)19-23-20(27-24-19)18-10-2-3-11-25(18)21(26)16-8-5-9-17(22)13-16/h4-9,12-13,18H,2-3,10-11H2,1H3. The molecule has 1 aliphatic heterocycles. The predicted octanol–water partition coefficient (Wildman–Crippen LogP) is 5.17. The van der Waals surface area contributed by atoms with E-state index in [2.05, 4.69) is 26.1 Å². The quantitative estimate of drug-likeness (QED) is 0.580. The molecule has 1 unspecified atom stereocenters. The van der Waals surface area contributed by atoms with E-state index in [-0.39, 0.29) is 11.9 Å². The maximum atomic E-state index is 13.1. The minimum absolute atomic E-state index is 0.00342. The van der Waals surface area contributed by atoms with Crippen molar-refractivity contribution in [1.82, 2.24) is 15.0 Å². The van der Waals surface area contributed by atoms with E-state index in [9.17, 15) is 4.79 Å². The summed E-state index contributed by atoms with van der Waals surface area (Å²) in [6.07, 6.45) is 2.85. The fourth-order valence-corrected chi connectivity index (χ4v) is 3.89. The number of halogens is 1. The second-order valence-corrected chi connectivity index (χ2v) is 7.76. The van der Waals surface area contributed by atoms with Gasteiger partial charge in [0.15, 0.2) is 0 Å². The molecule has 0 radical (unpaired) electrons. The lowest BCUT2D eigenvalue weighted by Gasteiger charge is -2.33. The van der Waals surface area contributed by atoms with E-state index in [0.29, 0.717) is 23.8 Å². The van der Waals surface area contributed by atoms with Gasteiger partial charge in [-0.2, -0.15) is 4.98 Å². The maximum Gasteiger partial charge on any atom is 0.254 e. The van der Waals surface area contributed by atoms with Crippen molar-refractivity contribution >= 4 is 21.8 Å². The van der Waals surface area contributed by atoms with Crippen molar-refractivity contribution in [1.29, 1.82) is 0 Å². The highest BCUT2D eigenvalue weighted by Gasteiger charge is 2.32. The summed E-state index contributed by atoms with van der Waals surface area (Å²) in [5.41, 5.74) is 2.73. The normalized spacial score (nSPS) is 17.1. The van der Waals surface area contributed by atoms with Gasteiger partial charge in [0, 0.05) is 22.1 Å². The third-order valence-corrected chi connectivity index (χ3v) is 5.33. The monoisotopic (exact) mass is 425 g/mol. The number of hydrogen-bond acceptors (Lipinski definition) is 4. The van der Waals surface area contributed by atoms with Gasteiger partial charge in [0.2, 0.25) is 11.7 Å². The zero-order valence-corrected chi connectivity index (χ0v) is 16.6. The number of benzene rings is 2. The van der Waals surface area contributed by atoms with E-state index in [4.69, 9.17) is 4.52 Å². The van der Waals surface area contributed by atoms with Crippen LogP contribution in [0.4, 0.5) is 0 Å². The number of nitrogens with zero attached hydrogens (tertiary/aromatic N) is 3. The first-order chi connectivity index (χ1) is 13.1. The van der Waals surface area contributed by atoms with Crippen molar-refractivity contribution in [2.45, 2.75) is 32.2 Å². The molecule has 1 aliphatic rings. The SMILES string of the molecule is Cc1cccc(-c2noc(C3CCCCN3C(=O)c3cccc(Br)c3)n2)c1. The maximum absolute atomic E-state index is 13.1. The summed E-state index contributed by atoms with van der Waals surface area (Å²) in [6, 6.07) is 15.3. The first-order valence-corrected chi connectivity index (χ1v) is 9.88. The predicted molar refractivity (Wildman–Crippen MR) is 106 cm³/mol. The van der Waals surface area contributed by atoms with Gasteiger partial charge in [-0.15, -0.1) is 0 Å². The number of carbonyl (C=O) groups is 1. The Bertz CT molecular complexity index is 969. The molecule has 0 spiro atoms. The Balaban J connectivity index is 1.62. The van der Waals surface area contributed by atoms with Gasteiger partial charge in [-0.3, -0.25) is 4.79 Å². The van der Waals surface area contributed by atoms with E-state index < -0.39 is 0 Å². The molecule has 0 bridgehead atoms. The van der Waals surface area contributed by atoms with E-state index in [1.807, 2.05) is 60.4 Å². The summed E-state index contributed by atoms with van der Waals surface area (Å²) >= 11 is 3.44.